The van der Waals surface area contributed by atoms with E-state index in [0.717, 1.165) is 42.4 Å². The highest BCUT2D eigenvalue weighted by molar-refractivity contribution is 9.10. The van der Waals surface area contributed by atoms with Crippen LogP contribution < -0.4 is 5.32 Å². The van der Waals surface area contributed by atoms with Gasteiger partial charge in [-0.25, -0.2) is 4.98 Å². The van der Waals surface area contributed by atoms with Gasteiger partial charge in [0.25, 0.3) is 0 Å². The molecule has 0 bridgehead atoms. The second-order valence-corrected chi connectivity index (χ2v) is 7.95. The van der Waals surface area contributed by atoms with E-state index in [0.29, 0.717) is 5.82 Å². The SMILES string of the molecule is CCC(C)(C)C(=O)Nc1cc(C=C2CCN(C(C)=O)CC2)c(Br)cn1. The summed E-state index contributed by atoms with van der Waals surface area (Å²) in [6, 6.07) is 1.89. The highest BCUT2D eigenvalue weighted by atomic mass is 79.9. The number of pyridine rings is 1. The van der Waals surface area contributed by atoms with E-state index in [-0.39, 0.29) is 11.8 Å². The van der Waals surface area contributed by atoms with Gasteiger partial charge in [-0.2, -0.15) is 0 Å². The van der Waals surface area contributed by atoms with Gasteiger partial charge in [0.2, 0.25) is 11.8 Å². The Morgan fingerprint density at radius 2 is 2.00 bits per heavy atom. The monoisotopic (exact) mass is 407 g/mol. The highest BCUT2D eigenvalue weighted by Gasteiger charge is 2.25. The lowest BCUT2D eigenvalue weighted by Gasteiger charge is -2.27. The van der Waals surface area contributed by atoms with Crippen molar-refractivity contribution in [2.75, 3.05) is 18.4 Å². The summed E-state index contributed by atoms with van der Waals surface area (Å²) >= 11 is 3.53. The lowest BCUT2D eigenvalue weighted by atomic mass is 9.89. The van der Waals surface area contributed by atoms with E-state index in [1.54, 1.807) is 13.1 Å². The number of carbonyl (C=O) groups is 2. The molecule has 0 aliphatic carbocycles. The molecule has 1 aromatic rings. The third-order valence-corrected chi connectivity index (χ3v) is 5.50. The Balaban J connectivity index is 2.13. The molecule has 25 heavy (non-hydrogen) atoms. The van der Waals surface area contributed by atoms with Crippen LogP contribution in [-0.2, 0) is 9.59 Å². The van der Waals surface area contributed by atoms with Gasteiger partial charge in [-0.15, -0.1) is 0 Å². The van der Waals surface area contributed by atoms with E-state index in [4.69, 9.17) is 0 Å². The van der Waals surface area contributed by atoms with Crippen molar-refractivity contribution >= 4 is 39.6 Å². The van der Waals surface area contributed by atoms with Crippen LogP contribution in [0.25, 0.3) is 6.08 Å². The Kier molecular flexibility index (Phi) is 6.38. The number of amides is 2. The molecule has 1 aliphatic heterocycles. The van der Waals surface area contributed by atoms with Crippen LogP contribution in [0.15, 0.2) is 22.3 Å². The largest absolute Gasteiger partial charge is 0.342 e. The van der Waals surface area contributed by atoms with Crippen molar-refractivity contribution in [2.24, 2.45) is 5.41 Å². The van der Waals surface area contributed by atoms with E-state index < -0.39 is 5.41 Å². The van der Waals surface area contributed by atoms with Crippen molar-refractivity contribution < 1.29 is 9.59 Å². The molecule has 2 heterocycles. The molecular weight excluding hydrogens is 382 g/mol. The molecule has 0 aromatic carbocycles. The molecule has 136 valence electrons. The molecule has 1 N–H and O–H groups in total. The van der Waals surface area contributed by atoms with Gasteiger partial charge in [0.15, 0.2) is 0 Å². The Morgan fingerprint density at radius 3 is 2.56 bits per heavy atom. The number of halogens is 1. The van der Waals surface area contributed by atoms with Crippen LogP contribution in [-0.4, -0.2) is 34.8 Å². The van der Waals surface area contributed by atoms with Crippen LogP contribution in [0.1, 0.15) is 52.5 Å². The summed E-state index contributed by atoms with van der Waals surface area (Å²) in [7, 11) is 0. The minimum atomic E-state index is -0.424. The van der Waals surface area contributed by atoms with Crippen molar-refractivity contribution in [3.8, 4) is 0 Å². The standard InChI is InChI=1S/C19H26BrN3O2/c1-5-19(3,4)18(25)22-17-11-15(16(20)12-21-17)10-14-6-8-23(9-7-14)13(2)24/h10-12H,5-9H2,1-4H3,(H,21,22,25). The molecule has 0 spiro atoms. The minimum absolute atomic E-state index is 0.0295. The number of hydrogen-bond donors (Lipinski definition) is 1. The number of anilines is 1. The first-order valence-electron chi connectivity index (χ1n) is 8.65. The smallest absolute Gasteiger partial charge is 0.231 e. The predicted octanol–water partition coefficient (Wildman–Crippen LogP) is 4.24. The second-order valence-electron chi connectivity index (χ2n) is 7.09. The van der Waals surface area contributed by atoms with Gasteiger partial charge in [0, 0.05) is 36.1 Å². The average Bonchev–Trinajstić information content (AvgIpc) is 2.58. The van der Waals surface area contributed by atoms with Crippen LogP contribution in [0.2, 0.25) is 0 Å². The molecule has 1 fully saturated rings. The van der Waals surface area contributed by atoms with E-state index in [1.807, 2.05) is 31.7 Å². The number of hydrogen-bond acceptors (Lipinski definition) is 3. The molecule has 0 unspecified atom stereocenters. The predicted molar refractivity (Wildman–Crippen MR) is 104 cm³/mol. The Hall–Kier alpha value is -1.69. The third kappa shape index (κ3) is 5.14. The summed E-state index contributed by atoms with van der Waals surface area (Å²) in [5.74, 6) is 0.661. The van der Waals surface area contributed by atoms with Gasteiger partial charge in [0.1, 0.15) is 5.82 Å². The molecule has 1 saturated heterocycles. The summed E-state index contributed by atoms with van der Waals surface area (Å²) in [4.78, 5) is 29.9. The molecular formula is C19H26BrN3O2. The first-order chi connectivity index (χ1) is 11.7. The van der Waals surface area contributed by atoms with Crippen LogP contribution in [0.4, 0.5) is 5.82 Å². The van der Waals surface area contributed by atoms with Crippen LogP contribution >= 0.6 is 15.9 Å². The summed E-state index contributed by atoms with van der Waals surface area (Å²) in [5.41, 5.74) is 1.87. The fourth-order valence-electron chi connectivity index (χ4n) is 2.55. The van der Waals surface area contributed by atoms with Gasteiger partial charge in [0.05, 0.1) is 0 Å². The lowest BCUT2D eigenvalue weighted by Crippen LogP contribution is -2.34. The van der Waals surface area contributed by atoms with E-state index in [2.05, 4.69) is 32.3 Å². The van der Waals surface area contributed by atoms with Crippen LogP contribution in [0, 0.1) is 5.41 Å². The maximum atomic E-state index is 12.3. The van der Waals surface area contributed by atoms with E-state index >= 15 is 0 Å². The molecule has 2 rings (SSSR count). The zero-order valence-electron chi connectivity index (χ0n) is 15.4. The number of likely N-dealkylation sites (tertiary alicyclic amines) is 1. The molecule has 0 saturated carbocycles. The molecule has 1 aliphatic rings. The van der Waals surface area contributed by atoms with Crippen molar-refractivity contribution in [2.45, 2.75) is 47.0 Å². The maximum absolute atomic E-state index is 12.3. The van der Waals surface area contributed by atoms with Gasteiger partial charge in [-0.3, -0.25) is 9.59 Å². The first kappa shape index (κ1) is 19.6. The quantitative estimate of drug-likeness (QED) is 0.811. The second kappa shape index (κ2) is 8.13. The van der Waals surface area contributed by atoms with Gasteiger partial charge in [-0.1, -0.05) is 32.4 Å². The number of carbonyl (C=O) groups excluding carboxylic acids is 2. The van der Waals surface area contributed by atoms with Gasteiger partial charge in [-0.05, 0) is 46.8 Å². The van der Waals surface area contributed by atoms with Crippen molar-refractivity contribution in [3.63, 3.8) is 0 Å². The zero-order valence-corrected chi connectivity index (χ0v) is 16.9. The Morgan fingerprint density at radius 1 is 1.36 bits per heavy atom. The minimum Gasteiger partial charge on any atom is -0.342 e. The van der Waals surface area contributed by atoms with Crippen LogP contribution in [0.5, 0.6) is 0 Å². The number of rotatable bonds is 4. The van der Waals surface area contributed by atoms with Crippen LogP contribution in [0.3, 0.4) is 0 Å². The molecule has 0 atom stereocenters. The zero-order chi connectivity index (χ0) is 18.6. The summed E-state index contributed by atoms with van der Waals surface area (Å²) in [5, 5.41) is 2.91. The van der Waals surface area contributed by atoms with Crippen molar-refractivity contribution in [1.82, 2.24) is 9.88 Å². The third-order valence-electron chi connectivity index (χ3n) is 4.84. The lowest BCUT2D eigenvalue weighted by molar-refractivity contribution is -0.129. The fourth-order valence-corrected chi connectivity index (χ4v) is 2.88. The van der Waals surface area contributed by atoms with E-state index in [9.17, 15) is 9.59 Å². The average molecular weight is 408 g/mol. The molecule has 6 heteroatoms. The van der Waals surface area contributed by atoms with Gasteiger partial charge < -0.3 is 10.2 Å². The summed E-state index contributed by atoms with van der Waals surface area (Å²) < 4.78 is 0.891. The normalized spacial score (nSPS) is 15.1. The number of piperidine rings is 1. The molecule has 0 radical (unpaired) electrons. The number of nitrogens with one attached hydrogen (secondary N) is 1. The molecule has 1 aromatic heterocycles. The Bertz CT molecular complexity index is 688. The van der Waals surface area contributed by atoms with E-state index in [1.165, 1.54) is 5.57 Å². The summed E-state index contributed by atoms with van der Waals surface area (Å²) in [6.07, 6.45) is 6.35. The summed E-state index contributed by atoms with van der Waals surface area (Å²) in [6.45, 7) is 8.98. The number of aromatic nitrogens is 1. The highest BCUT2D eigenvalue weighted by Crippen LogP contribution is 2.27. The molecule has 2 amide bonds. The first-order valence-corrected chi connectivity index (χ1v) is 9.44. The van der Waals surface area contributed by atoms with Crippen molar-refractivity contribution in [1.29, 1.82) is 0 Å². The number of nitrogens with zero attached hydrogens (tertiary/aromatic N) is 2. The topological polar surface area (TPSA) is 62.3 Å². The molecule has 5 nitrogen and oxygen atoms in total. The van der Waals surface area contributed by atoms with Crippen molar-refractivity contribution in [3.05, 3.63) is 27.9 Å². The fraction of sp³-hybridized carbons (Fsp3) is 0.526. The Labute approximate surface area is 158 Å². The van der Waals surface area contributed by atoms with Gasteiger partial charge >= 0.3 is 0 Å². The maximum Gasteiger partial charge on any atom is 0.231 e.